The van der Waals surface area contributed by atoms with Crippen molar-refractivity contribution < 1.29 is 0 Å². The molecule has 0 bridgehead atoms. The maximum absolute atomic E-state index is 4.96. The van der Waals surface area contributed by atoms with Gasteiger partial charge < -0.3 is 20.1 Å². The average Bonchev–Trinajstić information content (AvgIpc) is 3.60. The Morgan fingerprint density at radius 2 is 1.82 bits per heavy atom. The highest BCUT2D eigenvalue weighted by Gasteiger charge is 2.27. The molecule has 176 valence electrons. The molecular formula is C24H30N10. The summed E-state index contributed by atoms with van der Waals surface area (Å²) in [5.74, 6) is 2.81. The lowest BCUT2D eigenvalue weighted by molar-refractivity contribution is 0.535. The topological polar surface area (TPSA) is 112 Å². The van der Waals surface area contributed by atoms with Crippen LogP contribution in [0.5, 0.6) is 0 Å². The third-order valence-corrected chi connectivity index (χ3v) is 6.97. The van der Waals surface area contributed by atoms with Gasteiger partial charge in [-0.25, -0.2) is 15.0 Å². The molecule has 10 nitrogen and oxygen atoms in total. The Kier molecular flexibility index (Phi) is 5.37. The fourth-order valence-electron chi connectivity index (χ4n) is 5.22. The summed E-state index contributed by atoms with van der Waals surface area (Å²) in [5.41, 5.74) is 4.22. The van der Waals surface area contributed by atoms with Gasteiger partial charge >= 0.3 is 0 Å². The maximum atomic E-state index is 4.96. The summed E-state index contributed by atoms with van der Waals surface area (Å²) in [6.45, 7) is 8.04. The lowest BCUT2D eigenvalue weighted by Crippen LogP contribution is -2.43. The zero-order valence-electron chi connectivity index (χ0n) is 19.7. The monoisotopic (exact) mass is 458 g/mol. The average molecular weight is 459 g/mol. The number of fused-ring (bicyclic) bond motifs is 1. The molecule has 1 aliphatic heterocycles. The van der Waals surface area contributed by atoms with Gasteiger partial charge in [-0.2, -0.15) is 10.1 Å². The van der Waals surface area contributed by atoms with Gasteiger partial charge in [0.15, 0.2) is 5.82 Å². The Labute approximate surface area is 198 Å². The first-order chi connectivity index (χ1) is 16.7. The van der Waals surface area contributed by atoms with Gasteiger partial charge in [0.1, 0.15) is 17.3 Å². The molecule has 0 aromatic carbocycles. The normalized spacial score (nSPS) is 17.1. The second-order valence-corrected chi connectivity index (χ2v) is 9.22. The minimum atomic E-state index is 0.393. The van der Waals surface area contributed by atoms with Crippen LogP contribution in [-0.2, 0) is 0 Å². The van der Waals surface area contributed by atoms with Crippen LogP contribution < -0.4 is 15.5 Å². The number of hydrogen-bond donors (Lipinski definition) is 3. The molecule has 3 N–H and O–H groups in total. The summed E-state index contributed by atoms with van der Waals surface area (Å²) in [6, 6.07) is 4.49. The third kappa shape index (κ3) is 3.77. The number of aromatic nitrogens is 7. The first-order valence-corrected chi connectivity index (χ1v) is 12.1. The molecule has 1 saturated carbocycles. The van der Waals surface area contributed by atoms with Crippen molar-refractivity contribution in [2.45, 2.75) is 45.6 Å². The molecule has 0 atom stereocenters. The quantitative estimate of drug-likeness (QED) is 0.417. The van der Waals surface area contributed by atoms with Crippen LogP contribution in [-0.4, -0.2) is 60.9 Å². The van der Waals surface area contributed by atoms with Crippen molar-refractivity contribution in [2.24, 2.45) is 0 Å². The molecular weight excluding hydrogens is 428 g/mol. The highest BCUT2D eigenvalue weighted by atomic mass is 15.2. The Bertz CT molecular complexity index is 1290. The standard InChI is InChI=1S/C24H30N10/c1-15-19-14-27-24(29-20-8-7-18(13-26-20)33-11-9-25-10-12-33)30-23(19)34(17-5-3-4-6-17)21(15)22-28-16(2)31-32-22/h7-8,13-14,17,25H,3-6,9-12H2,1-2H3,(H,28,31,32)(H,26,27,29,30). The number of piperazine rings is 1. The van der Waals surface area contributed by atoms with E-state index < -0.39 is 0 Å². The molecule has 1 aliphatic carbocycles. The SMILES string of the molecule is Cc1nc(-c2c(C)c3cnc(Nc4ccc(N5CCNCC5)cn4)nc3n2C2CCCC2)n[nH]1. The third-order valence-electron chi connectivity index (χ3n) is 6.97. The molecule has 2 aliphatic rings. The number of pyridine rings is 1. The van der Waals surface area contributed by atoms with Gasteiger partial charge in [-0.05, 0) is 44.4 Å². The van der Waals surface area contributed by atoms with E-state index in [0.29, 0.717) is 12.0 Å². The number of aromatic amines is 1. The summed E-state index contributed by atoms with van der Waals surface area (Å²) in [4.78, 5) is 21.2. The van der Waals surface area contributed by atoms with Crippen molar-refractivity contribution in [3.05, 3.63) is 35.9 Å². The van der Waals surface area contributed by atoms with Crippen molar-refractivity contribution in [1.82, 2.24) is 40.0 Å². The van der Waals surface area contributed by atoms with Gasteiger partial charge in [0.2, 0.25) is 5.95 Å². The fourth-order valence-corrected chi connectivity index (χ4v) is 5.22. The number of nitrogens with zero attached hydrogens (tertiary/aromatic N) is 7. The van der Waals surface area contributed by atoms with Gasteiger partial charge in [-0.3, -0.25) is 5.10 Å². The van der Waals surface area contributed by atoms with Gasteiger partial charge in [0, 0.05) is 43.8 Å². The van der Waals surface area contributed by atoms with Gasteiger partial charge in [0.05, 0.1) is 17.6 Å². The molecule has 10 heteroatoms. The Morgan fingerprint density at radius 3 is 2.53 bits per heavy atom. The number of hydrogen-bond acceptors (Lipinski definition) is 8. The molecule has 34 heavy (non-hydrogen) atoms. The molecule has 5 heterocycles. The van der Waals surface area contributed by atoms with E-state index in [1.807, 2.05) is 25.4 Å². The van der Waals surface area contributed by atoms with Crippen LogP contribution in [0.4, 0.5) is 17.5 Å². The number of rotatable bonds is 5. The fraction of sp³-hybridized carbons (Fsp3) is 0.458. The van der Waals surface area contributed by atoms with Crippen LogP contribution in [0.3, 0.4) is 0 Å². The van der Waals surface area contributed by atoms with E-state index in [4.69, 9.17) is 4.98 Å². The molecule has 6 rings (SSSR count). The zero-order chi connectivity index (χ0) is 23.1. The molecule has 2 fully saturated rings. The predicted octanol–water partition coefficient (Wildman–Crippen LogP) is 3.50. The number of nitrogens with one attached hydrogen (secondary N) is 3. The highest BCUT2D eigenvalue weighted by molar-refractivity contribution is 5.88. The minimum absolute atomic E-state index is 0.393. The van der Waals surface area contributed by atoms with Crippen molar-refractivity contribution in [3.8, 4) is 11.5 Å². The van der Waals surface area contributed by atoms with Crippen LogP contribution in [0.25, 0.3) is 22.6 Å². The van der Waals surface area contributed by atoms with Crippen molar-refractivity contribution >= 4 is 28.5 Å². The largest absolute Gasteiger partial charge is 0.368 e. The smallest absolute Gasteiger partial charge is 0.230 e. The van der Waals surface area contributed by atoms with Gasteiger partial charge in [-0.1, -0.05) is 12.8 Å². The van der Waals surface area contributed by atoms with Crippen LogP contribution in [0.15, 0.2) is 24.5 Å². The van der Waals surface area contributed by atoms with E-state index in [2.05, 4.69) is 58.2 Å². The molecule has 4 aromatic heterocycles. The number of anilines is 3. The summed E-state index contributed by atoms with van der Waals surface area (Å²) in [6.07, 6.45) is 8.57. The maximum Gasteiger partial charge on any atom is 0.230 e. The number of H-pyrrole nitrogens is 1. The van der Waals surface area contributed by atoms with Crippen LogP contribution in [0, 0.1) is 13.8 Å². The molecule has 1 saturated heterocycles. The van der Waals surface area contributed by atoms with E-state index in [1.54, 1.807) is 0 Å². The van der Waals surface area contributed by atoms with Gasteiger partial charge in [0.25, 0.3) is 0 Å². The Hall–Kier alpha value is -3.53. The van der Waals surface area contributed by atoms with E-state index in [-0.39, 0.29) is 0 Å². The Morgan fingerprint density at radius 1 is 1.00 bits per heavy atom. The second-order valence-electron chi connectivity index (χ2n) is 9.22. The highest BCUT2D eigenvalue weighted by Crippen LogP contribution is 2.39. The minimum Gasteiger partial charge on any atom is -0.368 e. The predicted molar refractivity (Wildman–Crippen MR) is 132 cm³/mol. The van der Waals surface area contributed by atoms with E-state index in [0.717, 1.165) is 84.5 Å². The molecule has 0 spiro atoms. The van der Waals surface area contributed by atoms with Crippen molar-refractivity contribution in [2.75, 3.05) is 36.4 Å². The van der Waals surface area contributed by atoms with Crippen molar-refractivity contribution in [1.29, 1.82) is 0 Å². The van der Waals surface area contributed by atoms with Crippen molar-refractivity contribution in [3.63, 3.8) is 0 Å². The van der Waals surface area contributed by atoms with E-state index >= 15 is 0 Å². The number of aryl methyl sites for hydroxylation is 2. The summed E-state index contributed by atoms with van der Waals surface area (Å²) in [7, 11) is 0. The zero-order valence-corrected chi connectivity index (χ0v) is 19.7. The molecule has 0 radical (unpaired) electrons. The molecule has 4 aromatic rings. The second kappa shape index (κ2) is 8.68. The Balaban J connectivity index is 1.35. The summed E-state index contributed by atoms with van der Waals surface area (Å²) in [5, 5.41) is 15.2. The van der Waals surface area contributed by atoms with Gasteiger partial charge in [-0.15, -0.1) is 0 Å². The molecule has 0 amide bonds. The first kappa shape index (κ1) is 21.0. The molecule has 0 unspecified atom stereocenters. The summed E-state index contributed by atoms with van der Waals surface area (Å²) < 4.78 is 2.34. The van der Waals surface area contributed by atoms with Crippen LogP contribution in [0.1, 0.15) is 43.1 Å². The van der Waals surface area contributed by atoms with E-state index in [1.165, 1.54) is 12.8 Å². The van der Waals surface area contributed by atoms with Crippen LogP contribution in [0.2, 0.25) is 0 Å². The van der Waals surface area contributed by atoms with E-state index in [9.17, 15) is 0 Å². The lowest BCUT2D eigenvalue weighted by atomic mass is 10.2. The van der Waals surface area contributed by atoms with Crippen LogP contribution >= 0.6 is 0 Å². The lowest BCUT2D eigenvalue weighted by Gasteiger charge is -2.29. The first-order valence-electron chi connectivity index (χ1n) is 12.1. The summed E-state index contributed by atoms with van der Waals surface area (Å²) >= 11 is 0.